The van der Waals surface area contributed by atoms with Gasteiger partial charge in [0.1, 0.15) is 6.04 Å². The third kappa shape index (κ3) is 4.46. The number of hydrogen-bond acceptors (Lipinski definition) is 2. The molecular weight excluding hydrogens is 220 g/mol. The van der Waals surface area contributed by atoms with Crippen LogP contribution in [0, 0.1) is 5.92 Å². The van der Waals surface area contributed by atoms with E-state index < -0.39 is 12.0 Å². The highest BCUT2D eigenvalue weighted by Gasteiger charge is 2.23. The van der Waals surface area contributed by atoms with Gasteiger partial charge < -0.3 is 15.3 Å². The van der Waals surface area contributed by atoms with Gasteiger partial charge in [-0.05, 0) is 18.8 Å². The minimum atomic E-state index is -0.973. The number of aliphatic carboxylic acids is 1. The predicted octanol–water partition coefficient (Wildman–Crippen LogP) is 1.46. The quantitative estimate of drug-likeness (QED) is 0.731. The van der Waals surface area contributed by atoms with Crippen LogP contribution >= 0.6 is 0 Å². The van der Waals surface area contributed by atoms with Gasteiger partial charge >= 0.3 is 12.0 Å². The number of nitrogens with one attached hydrogen (secondary N) is 1. The summed E-state index contributed by atoms with van der Waals surface area (Å²) in [5.41, 5.74) is 0. The topological polar surface area (TPSA) is 69.6 Å². The maximum atomic E-state index is 11.8. The van der Waals surface area contributed by atoms with Gasteiger partial charge in [0.15, 0.2) is 0 Å². The summed E-state index contributed by atoms with van der Waals surface area (Å²) in [6.45, 7) is 5.08. The minimum absolute atomic E-state index is 0.234. The Bertz CT molecular complexity index is 313. The van der Waals surface area contributed by atoms with Crippen molar-refractivity contribution in [2.24, 2.45) is 5.92 Å². The average Bonchev–Trinajstić information content (AvgIpc) is 2.28. The molecule has 96 valence electrons. The van der Waals surface area contributed by atoms with Gasteiger partial charge in [0.25, 0.3) is 0 Å². The van der Waals surface area contributed by atoms with Crippen molar-refractivity contribution in [2.45, 2.75) is 32.7 Å². The van der Waals surface area contributed by atoms with E-state index in [1.807, 2.05) is 26.0 Å². The molecule has 0 aromatic heterocycles. The Balaban J connectivity index is 2.51. The molecule has 0 saturated carbocycles. The summed E-state index contributed by atoms with van der Waals surface area (Å²) in [7, 11) is 0. The van der Waals surface area contributed by atoms with E-state index >= 15 is 0 Å². The van der Waals surface area contributed by atoms with Crippen molar-refractivity contribution in [2.75, 3.05) is 13.1 Å². The molecule has 1 rings (SSSR count). The Labute approximate surface area is 101 Å². The summed E-state index contributed by atoms with van der Waals surface area (Å²) in [6.07, 6.45) is 5.22. The summed E-state index contributed by atoms with van der Waals surface area (Å²) in [5.74, 6) is -0.739. The van der Waals surface area contributed by atoms with E-state index in [-0.39, 0.29) is 11.9 Å². The molecule has 0 spiro atoms. The number of carbonyl (C=O) groups is 2. The Morgan fingerprint density at radius 3 is 2.59 bits per heavy atom. The lowest BCUT2D eigenvalue weighted by molar-refractivity contribution is -0.139. The van der Waals surface area contributed by atoms with Crippen LogP contribution in [0.25, 0.3) is 0 Å². The first-order chi connectivity index (χ1) is 8.00. The molecule has 0 aromatic rings. The summed E-state index contributed by atoms with van der Waals surface area (Å²) in [6, 6.07) is -1.09. The summed E-state index contributed by atoms with van der Waals surface area (Å²) in [4.78, 5) is 24.4. The molecule has 0 aliphatic carbocycles. The first-order valence-electron chi connectivity index (χ1n) is 5.94. The molecule has 2 amide bonds. The Morgan fingerprint density at radius 2 is 2.12 bits per heavy atom. The van der Waals surface area contributed by atoms with Crippen LogP contribution in [0.15, 0.2) is 12.2 Å². The standard InChI is InChI=1S/C12H20N2O3/c1-9(2)8-10(11(15)16)13-12(17)14-6-4-3-5-7-14/h3-4,9-10H,5-8H2,1-2H3,(H,13,17)(H,15,16)/t10-/m0/s1. The molecule has 1 atom stereocenters. The molecule has 0 bridgehead atoms. The summed E-state index contributed by atoms with van der Waals surface area (Å²) >= 11 is 0. The Kier molecular flexibility index (Phi) is 5.00. The van der Waals surface area contributed by atoms with Crippen LogP contribution in [0.4, 0.5) is 4.79 Å². The van der Waals surface area contributed by atoms with Crippen molar-refractivity contribution >= 4 is 12.0 Å². The lowest BCUT2D eigenvalue weighted by Gasteiger charge is -2.26. The molecule has 0 radical (unpaired) electrons. The van der Waals surface area contributed by atoms with Crippen molar-refractivity contribution in [1.29, 1.82) is 0 Å². The molecule has 1 aliphatic rings. The van der Waals surface area contributed by atoms with E-state index in [4.69, 9.17) is 5.11 Å². The molecule has 5 heteroatoms. The number of rotatable bonds is 4. The first-order valence-corrected chi connectivity index (χ1v) is 5.94. The van der Waals surface area contributed by atoms with Gasteiger partial charge in [-0.15, -0.1) is 0 Å². The Morgan fingerprint density at radius 1 is 1.41 bits per heavy atom. The molecule has 5 nitrogen and oxygen atoms in total. The van der Waals surface area contributed by atoms with Crippen molar-refractivity contribution in [1.82, 2.24) is 10.2 Å². The first kappa shape index (κ1) is 13.5. The van der Waals surface area contributed by atoms with Gasteiger partial charge in [0.05, 0.1) is 0 Å². The van der Waals surface area contributed by atoms with E-state index in [9.17, 15) is 9.59 Å². The van der Waals surface area contributed by atoms with E-state index in [2.05, 4.69) is 5.32 Å². The highest BCUT2D eigenvalue weighted by atomic mass is 16.4. The van der Waals surface area contributed by atoms with Crippen molar-refractivity contribution < 1.29 is 14.7 Å². The fraction of sp³-hybridized carbons (Fsp3) is 0.667. The van der Waals surface area contributed by atoms with Crippen LogP contribution in [-0.2, 0) is 4.79 Å². The fourth-order valence-corrected chi connectivity index (χ4v) is 1.76. The molecule has 1 heterocycles. The number of carboxylic acid groups (broad SMARTS) is 1. The third-order valence-electron chi connectivity index (χ3n) is 2.65. The van der Waals surface area contributed by atoms with E-state index in [0.717, 1.165) is 6.42 Å². The van der Waals surface area contributed by atoms with Gasteiger partial charge in [-0.1, -0.05) is 26.0 Å². The zero-order chi connectivity index (χ0) is 12.8. The van der Waals surface area contributed by atoms with Crippen molar-refractivity contribution in [3.8, 4) is 0 Å². The second-order valence-corrected chi connectivity index (χ2v) is 4.68. The van der Waals surface area contributed by atoms with Gasteiger partial charge in [0.2, 0.25) is 0 Å². The van der Waals surface area contributed by atoms with Crippen LogP contribution in [0.2, 0.25) is 0 Å². The Hall–Kier alpha value is -1.52. The molecule has 0 fully saturated rings. The molecule has 0 unspecified atom stereocenters. The summed E-state index contributed by atoms with van der Waals surface area (Å²) in [5, 5.41) is 11.6. The number of carboxylic acids is 1. The van der Waals surface area contributed by atoms with Gasteiger partial charge in [-0.3, -0.25) is 0 Å². The van der Waals surface area contributed by atoms with Crippen LogP contribution in [0.1, 0.15) is 26.7 Å². The number of amides is 2. The van der Waals surface area contributed by atoms with E-state index in [0.29, 0.717) is 19.5 Å². The van der Waals surface area contributed by atoms with Gasteiger partial charge in [0, 0.05) is 13.1 Å². The van der Waals surface area contributed by atoms with E-state index in [1.54, 1.807) is 4.90 Å². The summed E-state index contributed by atoms with van der Waals surface area (Å²) < 4.78 is 0. The normalized spacial score (nSPS) is 17.0. The minimum Gasteiger partial charge on any atom is -0.480 e. The highest BCUT2D eigenvalue weighted by Crippen LogP contribution is 2.07. The van der Waals surface area contributed by atoms with Crippen LogP contribution in [0.5, 0.6) is 0 Å². The molecule has 2 N–H and O–H groups in total. The second kappa shape index (κ2) is 6.27. The maximum Gasteiger partial charge on any atom is 0.326 e. The zero-order valence-electron chi connectivity index (χ0n) is 10.3. The SMILES string of the molecule is CC(C)C[C@H](NC(=O)N1CC=CCC1)C(=O)O. The molecule has 0 saturated heterocycles. The number of carbonyl (C=O) groups excluding carboxylic acids is 1. The van der Waals surface area contributed by atoms with Crippen LogP contribution in [-0.4, -0.2) is 41.1 Å². The lowest BCUT2D eigenvalue weighted by Crippen LogP contribution is -2.49. The number of urea groups is 1. The number of nitrogens with zero attached hydrogens (tertiary/aromatic N) is 1. The zero-order valence-corrected chi connectivity index (χ0v) is 10.3. The maximum absolute atomic E-state index is 11.8. The largest absolute Gasteiger partial charge is 0.480 e. The number of hydrogen-bond donors (Lipinski definition) is 2. The average molecular weight is 240 g/mol. The molecule has 1 aliphatic heterocycles. The van der Waals surface area contributed by atoms with Crippen molar-refractivity contribution in [3.63, 3.8) is 0 Å². The van der Waals surface area contributed by atoms with Gasteiger partial charge in [-0.25, -0.2) is 9.59 Å². The second-order valence-electron chi connectivity index (χ2n) is 4.68. The van der Waals surface area contributed by atoms with Crippen LogP contribution in [0.3, 0.4) is 0 Å². The molecule has 0 aromatic carbocycles. The lowest BCUT2D eigenvalue weighted by atomic mass is 10.0. The fourth-order valence-electron chi connectivity index (χ4n) is 1.76. The predicted molar refractivity (Wildman–Crippen MR) is 64.7 cm³/mol. The van der Waals surface area contributed by atoms with Crippen LogP contribution < -0.4 is 5.32 Å². The highest BCUT2D eigenvalue weighted by molar-refractivity contribution is 5.82. The molecule has 17 heavy (non-hydrogen) atoms. The monoisotopic (exact) mass is 240 g/mol. The third-order valence-corrected chi connectivity index (χ3v) is 2.65. The van der Waals surface area contributed by atoms with E-state index in [1.165, 1.54) is 0 Å². The smallest absolute Gasteiger partial charge is 0.326 e. The van der Waals surface area contributed by atoms with Gasteiger partial charge in [-0.2, -0.15) is 0 Å². The van der Waals surface area contributed by atoms with Crippen molar-refractivity contribution in [3.05, 3.63) is 12.2 Å². The molecular formula is C12H20N2O3.